The highest BCUT2D eigenvalue weighted by Crippen LogP contribution is 2.39. The molecule has 6 heteroatoms. The molecule has 0 spiro atoms. The first kappa shape index (κ1) is 18.1. The van der Waals surface area contributed by atoms with E-state index in [9.17, 15) is 17.6 Å². The Labute approximate surface area is 158 Å². The second-order valence-electron chi connectivity index (χ2n) is 6.34. The number of halogens is 4. The maximum Gasteiger partial charge on any atom is 0.417 e. The van der Waals surface area contributed by atoms with Crippen molar-refractivity contribution in [1.82, 2.24) is 4.98 Å². The Balaban J connectivity index is 1.70. The first-order chi connectivity index (χ1) is 13.4. The molecule has 1 heterocycles. The number of alkyl halides is 3. The Morgan fingerprint density at radius 1 is 0.857 bits per heavy atom. The molecule has 0 atom stereocenters. The molecule has 3 aromatic carbocycles. The molecule has 0 amide bonds. The summed E-state index contributed by atoms with van der Waals surface area (Å²) in [6.45, 7) is 0.308. The Hall–Kier alpha value is -3.28. The number of hydrogen-bond donors (Lipinski definition) is 1. The Morgan fingerprint density at radius 2 is 1.57 bits per heavy atom. The normalized spacial score (nSPS) is 11.7. The number of hydrogen-bond acceptors (Lipinski definition) is 1. The third-order valence-corrected chi connectivity index (χ3v) is 4.46. The summed E-state index contributed by atoms with van der Waals surface area (Å²) in [5, 5.41) is 0.178. The fraction of sp³-hybridized carbons (Fsp3) is 0.0909. The van der Waals surface area contributed by atoms with Crippen LogP contribution in [0, 0.1) is 5.82 Å². The van der Waals surface area contributed by atoms with E-state index in [-0.39, 0.29) is 16.6 Å². The fourth-order valence-corrected chi connectivity index (χ4v) is 3.10. The lowest BCUT2D eigenvalue weighted by molar-refractivity contribution is -0.137. The summed E-state index contributed by atoms with van der Waals surface area (Å²) in [7, 11) is 0. The van der Waals surface area contributed by atoms with Crippen molar-refractivity contribution in [3.63, 3.8) is 0 Å². The molecule has 1 N–H and O–H groups in total. The summed E-state index contributed by atoms with van der Waals surface area (Å²) in [5.74, 6) is -0.304. The Kier molecular flexibility index (Phi) is 4.55. The van der Waals surface area contributed by atoms with Crippen LogP contribution in [0.5, 0.6) is 5.75 Å². The molecule has 0 unspecified atom stereocenters. The molecule has 0 fully saturated rings. The van der Waals surface area contributed by atoms with E-state index in [0.717, 1.165) is 11.6 Å². The minimum Gasteiger partial charge on any atom is -0.489 e. The number of fused-ring (bicyclic) bond motifs is 1. The lowest BCUT2D eigenvalue weighted by atomic mass is 10.0. The van der Waals surface area contributed by atoms with E-state index in [1.54, 1.807) is 12.1 Å². The van der Waals surface area contributed by atoms with Crippen LogP contribution < -0.4 is 4.74 Å². The number of nitrogens with one attached hydrogen (secondary N) is 1. The van der Waals surface area contributed by atoms with Crippen molar-refractivity contribution in [3.05, 3.63) is 89.7 Å². The van der Waals surface area contributed by atoms with Crippen LogP contribution in [-0.2, 0) is 12.8 Å². The quantitative estimate of drug-likeness (QED) is 0.395. The lowest BCUT2D eigenvalue weighted by Crippen LogP contribution is -2.07. The third kappa shape index (κ3) is 3.45. The number of aromatic amines is 1. The maximum atomic E-state index is 15.0. The van der Waals surface area contributed by atoms with Crippen molar-refractivity contribution < 1.29 is 22.3 Å². The van der Waals surface area contributed by atoms with Crippen LogP contribution in [0.2, 0.25) is 0 Å². The van der Waals surface area contributed by atoms with Crippen LogP contribution in [0.25, 0.3) is 22.2 Å². The molecule has 142 valence electrons. The molecule has 0 aliphatic carbocycles. The van der Waals surface area contributed by atoms with Crippen molar-refractivity contribution in [2.45, 2.75) is 12.8 Å². The molecule has 0 aliphatic rings. The summed E-state index contributed by atoms with van der Waals surface area (Å²) in [6, 6.07) is 19.1. The van der Waals surface area contributed by atoms with Gasteiger partial charge in [-0.15, -0.1) is 0 Å². The van der Waals surface area contributed by atoms with Crippen molar-refractivity contribution >= 4 is 10.9 Å². The maximum absolute atomic E-state index is 15.0. The van der Waals surface area contributed by atoms with E-state index in [2.05, 4.69) is 4.98 Å². The highest BCUT2D eigenvalue weighted by atomic mass is 19.4. The highest BCUT2D eigenvalue weighted by molar-refractivity contribution is 5.88. The molecule has 1 aromatic heterocycles. The number of benzene rings is 3. The minimum absolute atomic E-state index is 0.178. The van der Waals surface area contributed by atoms with Gasteiger partial charge in [0.2, 0.25) is 0 Å². The minimum atomic E-state index is -4.58. The summed E-state index contributed by atoms with van der Waals surface area (Å²) in [6.07, 6.45) is -4.58. The molecule has 0 radical (unpaired) electrons. The van der Waals surface area contributed by atoms with Crippen LogP contribution in [0.3, 0.4) is 0 Å². The molecule has 4 aromatic rings. The van der Waals surface area contributed by atoms with Gasteiger partial charge >= 0.3 is 6.18 Å². The van der Waals surface area contributed by atoms with Crippen molar-refractivity contribution in [3.8, 4) is 17.0 Å². The number of H-pyrrole nitrogens is 1. The van der Waals surface area contributed by atoms with Gasteiger partial charge in [0.05, 0.1) is 11.3 Å². The lowest BCUT2D eigenvalue weighted by Gasteiger charge is -2.11. The molecule has 0 bridgehead atoms. The molecule has 0 aliphatic heterocycles. The summed E-state index contributed by atoms with van der Waals surface area (Å²) in [5.41, 5.74) is 0.0491. The van der Waals surface area contributed by atoms with Gasteiger partial charge in [-0.25, -0.2) is 4.39 Å². The van der Waals surface area contributed by atoms with Crippen molar-refractivity contribution in [2.24, 2.45) is 0 Å². The first-order valence-electron chi connectivity index (χ1n) is 8.58. The van der Waals surface area contributed by atoms with Crippen LogP contribution in [0.15, 0.2) is 72.8 Å². The molecular weight excluding hydrogens is 370 g/mol. The van der Waals surface area contributed by atoms with E-state index in [0.29, 0.717) is 17.9 Å². The standard InChI is InChI=1S/C22H15F4NO/c23-20-17-12-15(28-13-14-6-2-1-3-7-14)10-11-19(17)27-21(20)16-8-4-5-9-18(16)22(24,25)26/h1-12,27H,13H2. The smallest absolute Gasteiger partial charge is 0.417 e. The van der Waals surface area contributed by atoms with Gasteiger partial charge in [0.15, 0.2) is 5.82 Å². The van der Waals surface area contributed by atoms with Gasteiger partial charge in [0, 0.05) is 16.5 Å². The third-order valence-electron chi connectivity index (χ3n) is 4.46. The topological polar surface area (TPSA) is 25.0 Å². The van der Waals surface area contributed by atoms with Gasteiger partial charge in [-0.3, -0.25) is 0 Å². The van der Waals surface area contributed by atoms with E-state index < -0.39 is 17.6 Å². The molecule has 0 saturated heterocycles. The van der Waals surface area contributed by atoms with E-state index in [1.165, 1.54) is 24.3 Å². The van der Waals surface area contributed by atoms with Gasteiger partial charge in [-0.05, 0) is 29.8 Å². The summed E-state index contributed by atoms with van der Waals surface area (Å²) >= 11 is 0. The molecular formula is C22H15F4NO. The zero-order chi connectivity index (χ0) is 19.7. The average molecular weight is 385 g/mol. The van der Waals surface area contributed by atoms with Crippen LogP contribution in [0.1, 0.15) is 11.1 Å². The SMILES string of the molecule is Fc1c(-c2ccccc2C(F)(F)F)[nH]c2ccc(OCc3ccccc3)cc12. The summed E-state index contributed by atoms with van der Waals surface area (Å²) in [4.78, 5) is 2.76. The molecule has 28 heavy (non-hydrogen) atoms. The van der Waals surface area contributed by atoms with Crippen LogP contribution >= 0.6 is 0 Å². The van der Waals surface area contributed by atoms with E-state index >= 15 is 0 Å². The second-order valence-corrected chi connectivity index (χ2v) is 6.34. The highest BCUT2D eigenvalue weighted by Gasteiger charge is 2.34. The van der Waals surface area contributed by atoms with Crippen molar-refractivity contribution in [1.29, 1.82) is 0 Å². The van der Waals surface area contributed by atoms with Gasteiger partial charge in [-0.2, -0.15) is 13.2 Å². The number of aromatic nitrogens is 1. The van der Waals surface area contributed by atoms with Crippen LogP contribution in [-0.4, -0.2) is 4.98 Å². The van der Waals surface area contributed by atoms with Gasteiger partial charge in [0.1, 0.15) is 12.4 Å². The van der Waals surface area contributed by atoms with Gasteiger partial charge in [-0.1, -0.05) is 48.5 Å². The Morgan fingerprint density at radius 3 is 2.32 bits per heavy atom. The van der Waals surface area contributed by atoms with Crippen molar-refractivity contribution in [2.75, 3.05) is 0 Å². The second kappa shape index (κ2) is 7.03. The van der Waals surface area contributed by atoms with Gasteiger partial charge < -0.3 is 9.72 Å². The van der Waals surface area contributed by atoms with E-state index in [1.807, 2.05) is 30.3 Å². The summed E-state index contributed by atoms with van der Waals surface area (Å²) < 4.78 is 60.5. The predicted octanol–water partition coefficient (Wildman–Crippen LogP) is 6.57. The largest absolute Gasteiger partial charge is 0.489 e. The van der Waals surface area contributed by atoms with E-state index in [4.69, 9.17) is 4.74 Å². The monoisotopic (exact) mass is 385 g/mol. The fourth-order valence-electron chi connectivity index (χ4n) is 3.10. The molecule has 4 rings (SSSR count). The zero-order valence-electron chi connectivity index (χ0n) is 14.6. The molecule has 0 saturated carbocycles. The Bertz CT molecular complexity index is 1120. The molecule has 2 nitrogen and oxygen atoms in total. The first-order valence-corrected chi connectivity index (χ1v) is 8.58. The van der Waals surface area contributed by atoms with Crippen LogP contribution in [0.4, 0.5) is 17.6 Å². The van der Waals surface area contributed by atoms with Gasteiger partial charge in [0.25, 0.3) is 0 Å². The number of ether oxygens (including phenoxy) is 1. The predicted molar refractivity (Wildman–Crippen MR) is 99.5 cm³/mol. The average Bonchev–Trinajstić information content (AvgIpc) is 3.03. The number of rotatable bonds is 4. The zero-order valence-corrected chi connectivity index (χ0v) is 14.6.